The molecule has 0 bridgehead atoms. The molecule has 0 saturated carbocycles. The Kier molecular flexibility index (Phi) is 5.76. The maximum atomic E-state index is 6.45. The molecular weight excluding hydrogens is 408 g/mol. The molecule has 2 aromatic carbocycles. The molecule has 0 spiro atoms. The standard InChI is InChI=1S/C22H19ClN2OS2/c1-26-15-9-6-14(7-10-15)8-11-16-12-18-21(17-4-2-3-5-19(17)23)24-13-20(27)25-22(18)28-16/h2-7,9-10,12H,8,11,13H2,1H3,(H,25,27). The zero-order valence-corrected chi connectivity index (χ0v) is 17.8. The minimum atomic E-state index is 0.471. The fourth-order valence-corrected chi connectivity index (χ4v) is 4.72. The highest BCUT2D eigenvalue weighted by molar-refractivity contribution is 7.80. The van der Waals surface area contributed by atoms with Gasteiger partial charge in [0.1, 0.15) is 15.7 Å². The van der Waals surface area contributed by atoms with Gasteiger partial charge in [-0.2, -0.15) is 0 Å². The van der Waals surface area contributed by atoms with Gasteiger partial charge in [0, 0.05) is 21.0 Å². The van der Waals surface area contributed by atoms with E-state index in [9.17, 15) is 0 Å². The van der Waals surface area contributed by atoms with Crippen LogP contribution in [0.4, 0.5) is 5.00 Å². The van der Waals surface area contributed by atoms with Gasteiger partial charge >= 0.3 is 0 Å². The molecule has 0 unspecified atom stereocenters. The van der Waals surface area contributed by atoms with E-state index < -0.39 is 0 Å². The van der Waals surface area contributed by atoms with Crippen molar-refractivity contribution in [1.82, 2.24) is 0 Å². The number of nitrogens with zero attached hydrogens (tertiary/aromatic N) is 1. The molecule has 1 aliphatic heterocycles. The number of nitrogens with one attached hydrogen (secondary N) is 1. The molecule has 3 aromatic rings. The summed E-state index contributed by atoms with van der Waals surface area (Å²) in [4.78, 5) is 6.77. The first-order valence-corrected chi connectivity index (χ1v) is 10.6. The second kappa shape index (κ2) is 8.43. The summed E-state index contributed by atoms with van der Waals surface area (Å²) in [6.45, 7) is 0.471. The molecule has 3 nitrogen and oxygen atoms in total. The van der Waals surface area contributed by atoms with Crippen molar-refractivity contribution in [2.75, 3.05) is 19.0 Å². The van der Waals surface area contributed by atoms with Crippen molar-refractivity contribution >= 4 is 50.9 Å². The number of methoxy groups -OCH3 is 1. The minimum Gasteiger partial charge on any atom is -0.497 e. The van der Waals surface area contributed by atoms with Crippen LogP contribution in [0.3, 0.4) is 0 Å². The molecule has 6 heteroatoms. The van der Waals surface area contributed by atoms with Gasteiger partial charge in [0.25, 0.3) is 0 Å². The third kappa shape index (κ3) is 4.12. The van der Waals surface area contributed by atoms with Gasteiger partial charge in [0.15, 0.2) is 0 Å². The highest BCUT2D eigenvalue weighted by Crippen LogP contribution is 2.34. The number of halogens is 1. The first-order valence-electron chi connectivity index (χ1n) is 8.99. The van der Waals surface area contributed by atoms with Crippen molar-refractivity contribution in [3.8, 4) is 5.75 Å². The Morgan fingerprint density at radius 1 is 1.11 bits per heavy atom. The number of thiophene rings is 1. The molecule has 142 valence electrons. The Hall–Kier alpha value is -2.21. The Labute approximate surface area is 179 Å². The summed E-state index contributed by atoms with van der Waals surface area (Å²) >= 11 is 13.6. The maximum absolute atomic E-state index is 6.45. The summed E-state index contributed by atoms with van der Waals surface area (Å²) in [5.74, 6) is 0.880. The number of benzene rings is 2. The largest absolute Gasteiger partial charge is 0.497 e. The van der Waals surface area contributed by atoms with Gasteiger partial charge in [-0.3, -0.25) is 4.99 Å². The summed E-state index contributed by atoms with van der Waals surface area (Å²) in [7, 11) is 1.68. The predicted molar refractivity (Wildman–Crippen MR) is 123 cm³/mol. The lowest BCUT2D eigenvalue weighted by atomic mass is 10.0. The monoisotopic (exact) mass is 426 g/mol. The summed E-state index contributed by atoms with van der Waals surface area (Å²) in [5.41, 5.74) is 4.20. The van der Waals surface area contributed by atoms with E-state index in [2.05, 4.69) is 23.5 Å². The normalized spacial score (nSPS) is 13.4. The van der Waals surface area contributed by atoms with Crippen molar-refractivity contribution in [2.45, 2.75) is 12.8 Å². The molecule has 0 fully saturated rings. The molecule has 1 aliphatic rings. The van der Waals surface area contributed by atoms with Crippen LogP contribution in [0, 0.1) is 0 Å². The summed E-state index contributed by atoms with van der Waals surface area (Å²) in [6.07, 6.45) is 1.92. The zero-order chi connectivity index (χ0) is 19.5. The lowest BCUT2D eigenvalue weighted by Crippen LogP contribution is -2.09. The summed E-state index contributed by atoms with van der Waals surface area (Å²) in [5, 5.41) is 5.10. The smallest absolute Gasteiger partial charge is 0.118 e. The first kappa shape index (κ1) is 19.1. The fourth-order valence-electron chi connectivity index (χ4n) is 3.18. The van der Waals surface area contributed by atoms with Crippen LogP contribution in [0.5, 0.6) is 5.75 Å². The highest BCUT2D eigenvalue weighted by Gasteiger charge is 2.21. The van der Waals surface area contributed by atoms with Crippen LogP contribution in [0.1, 0.15) is 21.6 Å². The van der Waals surface area contributed by atoms with E-state index in [-0.39, 0.29) is 0 Å². The van der Waals surface area contributed by atoms with E-state index in [1.54, 1.807) is 18.4 Å². The topological polar surface area (TPSA) is 33.6 Å². The van der Waals surface area contributed by atoms with Crippen LogP contribution in [0.15, 0.2) is 59.6 Å². The first-order chi connectivity index (χ1) is 13.6. The number of anilines is 1. The number of ether oxygens (including phenoxy) is 1. The molecule has 28 heavy (non-hydrogen) atoms. The van der Waals surface area contributed by atoms with Gasteiger partial charge in [0.2, 0.25) is 0 Å². The third-order valence-electron chi connectivity index (χ3n) is 4.62. The molecule has 2 heterocycles. The number of aryl methyl sites for hydroxylation is 2. The zero-order valence-electron chi connectivity index (χ0n) is 15.4. The SMILES string of the molecule is COc1ccc(CCc2cc3c(s2)NC(=S)CN=C3c2ccccc2Cl)cc1. The quantitative estimate of drug-likeness (QED) is 0.524. The second-order valence-corrected chi connectivity index (χ2v) is 8.53. The summed E-state index contributed by atoms with van der Waals surface area (Å²) in [6, 6.07) is 18.3. The Morgan fingerprint density at radius 2 is 1.89 bits per heavy atom. The number of thiocarbonyl (C=S) groups is 1. The Bertz CT molecular complexity index is 1040. The van der Waals surface area contributed by atoms with Crippen LogP contribution < -0.4 is 10.1 Å². The average Bonchev–Trinajstić information content (AvgIpc) is 3.03. The fraction of sp³-hybridized carbons (Fsp3) is 0.182. The van der Waals surface area contributed by atoms with Gasteiger partial charge < -0.3 is 10.1 Å². The molecule has 0 atom stereocenters. The van der Waals surface area contributed by atoms with Crippen LogP contribution in [-0.2, 0) is 12.8 Å². The van der Waals surface area contributed by atoms with Crippen molar-refractivity contribution in [2.24, 2.45) is 4.99 Å². The molecule has 1 N–H and O–H groups in total. The van der Waals surface area contributed by atoms with E-state index >= 15 is 0 Å². The number of rotatable bonds is 5. The Balaban J connectivity index is 1.61. The van der Waals surface area contributed by atoms with Gasteiger partial charge in [-0.15, -0.1) is 11.3 Å². The van der Waals surface area contributed by atoms with Crippen LogP contribution in [0.2, 0.25) is 5.02 Å². The lowest BCUT2D eigenvalue weighted by molar-refractivity contribution is 0.414. The summed E-state index contributed by atoms with van der Waals surface area (Å²) < 4.78 is 5.23. The lowest BCUT2D eigenvalue weighted by Gasteiger charge is -2.07. The number of aliphatic imine (C=N–C) groups is 1. The van der Waals surface area contributed by atoms with Crippen LogP contribution in [0.25, 0.3) is 0 Å². The van der Waals surface area contributed by atoms with Gasteiger partial charge in [-0.1, -0.05) is 54.2 Å². The van der Waals surface area contributed by atoms with E-state index in [0.29, 0.717) is 11.6 Å². The molecule has 0 amide bonds. The maximum Gasteiger partial charge on any atom is 0.118 e. The van der Waals surface area contributed by atoms with Gasteiger partial charge in [0.05, 0.1) is 19.4 Å². The molecule has 0 saturated heterocycles. The molecular formula is C22H19ClN2OS2. The Morgan fingerprint density at radius 3 is 2.64 bits per heavy atom. The minimum absolute atomic E-state index is 0.471. The van der Waals surface area contributed by atoms with Gasteiger partial charge in [-0.25, -0.2) is 0 Å². The molecule has 1 aromatic heterocycles. The van der Waals surface area contributed by atoms with E-state index in [0.717, 1.165) is 45.4 Å². The van der Waals surface area contributed by atoms with E-state index in [1.807, 2.05) is 36.4 Å². The number of fused-ring (bicyclic) bond motifs is 1. The van der Waals surface area contributed by atoms with Crippen molar-refractivity contribution in [1.29, 1.82) is 0 Å². The van der Waals surface area contributed by atoms with E-state index in [1.165, 1.54) is 10.4 Å². The second-order valence-electron chi connectivity index (χ2n) is 6.50. The highest BCUT2D eigenvalue weighted by atomic mass is 35.5. The number of hydrogen-bond acceptors (Lipinski definition) is 4. The molecule has 0 radical (unpaired) electrons. The van der Waals surface area contributed by atoms with Crippen molar-refractivity contribution in [3.63, 3.8) is 0 Å². The van der Waals surface area contributed by atoms with Crippen LogP contribution >= 0.6 is 35.2 Å². The number of hydrogen-bond donors (Lipinski definition) is 1. The van der Waals surface area contributed by atoms with Gasteiger partial charge in [-0.05, 0) is 42.7 Å². The third-order valence-corrected chi connectivity index (χ3v) is 6.29. The predicted octanol–water partition coefficient (Wildman–Crippen LogP) is 5.79. The van der Waals surface area contributed by atoms with Crippen LogP contribution in [-0.4, -0.2) is 24.4 Å². The molecule has 0 aliphatic carbocycles. The van der Waals surface area contributed by atoms with Crippen molar-refractivity contribution in [3.05, 3.63) is 81.2 Å². The average molecular weight is 427 g/mol. The van der Waals surface area contributed by atoms with E-state index in [4.69, 9.17) is 33.5 Å². The van der Waals surface area contributed by atoms with Crippen molar-refractivity contribution < 1.29 is 4.74 Å². The molecule has 4 rings (SSSR count).